The summed E-state index contributed by atoms with van der Waals surface area (Å²) in [6.45, 7) is 8.01. The quantitative estimate of drug-likeness (QED) is 0.0443. The number of H-pyrrole nitrogens is 3. The Morgan fingerprint density at radius 2 is 1.11 bits per heavy atom. The zero-order valence-corrected chi connectivity index (χ0v) is 54.5. The Morgan fingerprint density at radius 3 is 1.58 bits per heavy atom. The molecule has 2 aromatic carbocycles. The molecule has 3 amide bonds. The molecular formula is C63H75Cl3F4N18O3S2. The molecule has 11 heterocycles. The fourth-order valence-corrected chi connectivity index (χ4v) is 14.4. The van der Waals surface area contributed by atoms with Gasteiger partial charge in [0, 0.05) is 123 Å². The summed E-state index contributed by atoms with van der Waals surface area (Å²) in [7, 11) is 0. The number of para-hydroxylation sites is 2. The van der Waals surface area contributed by atoms with E-state index in [-0.39, 0.29) is 32.4 Å². The van der Waals surface area contributed by atoms with Gasteiger partial charge >= 0.3 is 6.18 Å². The maximum absolute atomic E-state index is 12.9. The van der Waals surface area contributed by atoms with Gasteiger partial charge in [0.15, 0.2) is 17.5 Å². The smallest absolute Gasteiger partial charge is 0.356 e. The number of aromatic amines is 3. The molecule has 0 aliphatic carbocycles. The van der Waals surface area contributed by atoms with E-state index in [1.165, 1.54) is 6.20 Å². The maximum Gasteiger partial charge on any atom is 0.405 e. The van der Waals surface area contributed by atoms with Gasteiger partial charge in [0.2, 0.25) is 17.7 Å². The highest BCUT2D eigenvalue weighted by Crippen LogP contribution is 2.51. The van der Waals surface area contributed by atoms with Crippen molar-refractivity contribution in [2.45, 2.75) is 74.8 Å². The van der Waals surface area contributed by atoms with Gasteiger partial charge in [-0.1, -0.05) is 59.1 Å². The lowest BCUT2D eigenvalue weighted by Gasteiger charge is -2.31. The number of thioether (sulfide) groups is 2. The van der Waals surface area contributed by atoms with Crippen molar-refractivity contribution in [1.29, 1.82) is 0 Å². The molecule has 2 aliphatic heterocycles. The van der Waals surface area contributed by atoms with E-state index in [1.54, 1.807) is 86.6 Å². The van der Waals surface area contributed by atoms with Crippen LogP contribution in [0.25, 0.3) is 89.1 Å². The van der Waals surface area contributed by atoms with Crippen LogP contribution in [0.4, 0.5) is 35.0 Å². The summed E-state index contributed by atoms with van der Waals surface area (Å²) in [6, 6.07) is 21.5. The highest BCUT2D eigenvalue weighted by molar-refractivity contribution is 8.18. The molecule has 496 valence electrons. The van der Waals surface area contributed by atoms with Crippen LogP contribution in [-0.4, -0.2) is 149 Å². The van der Waals surface area contributed by atoms with Crippen molar-refractivity contribution in [2.24, 2.45) is 0 Å². The highest BCUT2D eigenvalue weighted by Gasteiger charge is 2.49. The average Bonchev–Trinajstić information content (AvgIpc) is 1.51. The van der Waals surface area contributed by atoms with Crippen molar-refractivity contribution in [3.8, 4) is 34.2 Å². The lowest BCUT2D eigenvalue weighted by molar-refractivity contribution is -0.139. The Bertz CT molecular complexity index is 4620. The zero-order valence-electron chi connectivity index (χ0n) is 50.6. The van der Waals surface area contributed by atoms with Gasteiger partial charge in [-0.3, -0.25) is 14.4 Å². The lowest BCUT2D eigenvalue weighted by Crippen LogP contribution is -2.48. The number of anilines is 3. The largest absolute Gasteiger partial charge is 0.405 e. The van der Waals surface area contributed by atoms with E-state index in [1.807, 2.05) is 86.5 Å². The third-order valence-corrected chi connectivity index (χ3v) is 19.1. The number of hydrogen-bond acceptors (Lipinski definition) is 17. The number of pyridine rings is 3. The number of carbonyl (C=O) groups excluding carboxylic acids is 3. The van der Waals surface area contributed by atoms with Crippen molar-refractivity contribution in [1.82, 2.24) is 75.8 Å². The predicted molar refractivity (Wildman–Crippen MR) is 376 cm³/mol. The van der Waals surface area contributed by atoms with Crippen molar-refractivity contribution in [3.63, 3.8) is 0 Å². The van der Waals surface area contributed by atoms with E-state index in [2.05, 4.69) is 61.5 Å². The molecule has 13 rings (SSSR count). The molecule has 2 saturated heterocycles. The molecule has 8 N–H and O–H groups in total. The van der Waals surface area contributed by atoms with Crippen molar-refractivity contribution in [2.75, 3.05) is 59.9 Å². The number of hydrogen-bond donors (Lipinski definition) is 8. The normalized spacial score (nSPS) is 14.8. The number of amides is 3. The Morgan fingerprint density at radius 1 is 0.634 bits per heavy atom. The summed E-state index contributed by atoms with van der Waals surface area (Å²) in [6.07, 6.45) is 8.65. The fraction of sp³-hybridized carbons (Fsp3) is 0.302. The monoisotopic (exact) mass is 1380 g/mol. The third-order valence-electron chi connectivity index (χ3n) is 15.1. The standard InChI is InChI=1S/C21H20ClF3N6OS2.C21H20ClFN6O.C21H21ClN6O.7H2/c22-12-6-13-14(9-28-17(13)27-8-12)18-26-3-2-16(30-18)31-11-20(33-4-1-5-34-20)7-15(31)19(32)29-10-21(23,24)25;1-21(2,20(30)24-8-7-23)29-19-13-5-3-4-6-16(13)27-18(28-19)15-11-26-17-14(15)9-12(22)10-25-17;1-4-23-20(29)21(2,3)28-19-13-7-5-6-8-16(13)26-18(27-19)15-11-25-17-14(15)9-12(22)10-24-17;;;;;;;/h2-3,6,8-9,15H,1,4-5,7,10-11H2,(H,27,28)(H,29,32);3-6,9-11H,7-8H2,1-2H3,(H,24,30)(H,25,26)(H,27,28,29);5-11H,4H2,1-3H3,(H,23,29)(H,24,25)(H,26,27,28);7*1H/t15-;;;;;;;;;/m1........./s1. The van der Waals surface area contributed by atoms with Crippen LogP contribution in [0.15, 0.2) is 116 Å². The van der Waals surface area contributed by atoms with Crippen LogP contribution in [0, 0.1) is 0 Å². The van der Waals surface area contributed by atoms with Gasteiger partial charge in [-0.2, -0.15) is 13.2 Å². The van der Waals surface area contributed by atoms with Crippen LogP contribution < -0.4 is 31.5 Å². The topological polar surface area (TPSA) is 278 Å². The molecule has 1 atom stereocenters. The predicted octanol–water partition coefficient (Wildman–Crippen LogP) is 14.5. The van der Waals surface area contributed by atoms with Crippen molar-refractivity contribution in [3.05, 3.63) is 131 Å². The lowest BCUT2D eigenvalue weighted by atomic mass is 10.0. The molecule has 9 aromatic heterocycles. The van der Waals surface area contributed by atoms with Crippen LogP contribution >= 0.6 is 58.3 Å². The Balaban J connectivity index is 0.000000309. The average molecular weight is 1380 g/mol. The van der Waals surface area contributed by atoms with E-state index in [4.69, 9.17) is 59.7 Å². The molecule has 11 aromatic rings. The number of benzene rings is 2. The Kier molecular flexibility index (Phi) is 19.5. The molecule has 30 heteroatoms. The number of nitrogens with one attached hydrogen (secondary N) is 8. The van der Waals surface area contributed by atoms with Gasteiger partial charge in [0.05, 0.1) is 30.2 Å². The summed E-state index contributed by atoms with van der Waals surface area (Å²) in [5, 5.41) is 19.5. The third kappa shape index (κ3) is 14.9. The molecule has 0 bridgehead atoms. The molecule has 21 nitrogen and oxygen atoms in total. The Hall–Kier alpha value is -8.63. The van der Waals surface area contributed by atoms with Gasteiger partial charge in [0.1, 0.15) is 64.7 Å². The SMILES string of the molecule is CC(C)(Nc1nc(-c2c[nH]c3ncc(Cl)cc23)nc2ccccc12)C(=O)NCCF.CCNC(=O)C(C)(C)Nc1nc(-c2c[nH]c3ncc(Cl)cc23)nc2ccccc12.O=C(NCC(F)(F)F)[C@H]1CC2(CN1c1ccnc(-c3c[nH]c4ncc(Cl)cc34)n1)SCCCS2.[HH].[HH].[HH].[HH].[HH].[HH].[HH]. The number of likely N-dealkylation sites (N-methyl/N-ethyl adjacent to an activating group) is 1. The molecule has 93 heavy (non-hydrogen) atoms. The van der Waals surface area contributed by atoms with E-state index >= 15 is 0 Å². The number of carbonyl (C=O) groups is 3. The maximum atomic E-state index is 12.9. The number of fused-ring (bicyclic) bond motifs is 5. The number of aromatic nitrogens is 12. The van der Waals surface area contributed by atoms with Crippen molar-refractivity contribution < 1.29 is 41.9 Å². The van der Waals surface area contributed by atoms with Crippen LogP contribution in [0.5, 0.6) is 0 Å². The van der Waals surface area contributed by atoms with Crippen molar-refractivity contribution >= 4 is 148 Å². The zero-order chi connectivity index (χ0) is 65.8. The first-order valence-electron chi connectivity index (χ1n) is 29.3. The molecule has 2 aliphatic rings. The van der Waals surface area contributed by atoms with E-state index in [0.717, 1.165) is 61.5 Å². The van der Waals surface area contributed by atoms with E-state index < -0.39 is 42.4 Å². The highest BCUT2D eigenvalue weighted by atomic mass is 35.5. The van der Waals surface area contributed by atoms with Crippen LogP contribution in [0.1, 0.15) is 57.4 Å². The summed E-state index contributed by atoms with van der Waals surface area (Å²) in [5.74, 6) is 3.80. The second-order valence-electron chi connectivity index (χ2n) is 22.8. The summed E-state index contributed by atoms with van der Waals surface area (Å²) < 4.78 is 50.5. The van der Waals surface area contributed by atoms with E-state index in [0.29, 0.717) is 97.5 Å². The molecular weight excluding hydrogens is 1300 g/mol. The number of rotatable bonds is 15. The number of halogens is 7. The van der Waals surface area contributed by atoms with Crippen LogP contribution in [0.3, 0.4) is 0 Å². The number of alkyl halides is 4. The first-order valence-corrected chi connectivity index (χ1v) is 32.4. The van der Waals surface area contributed by atoms with Gasteiger partial charge in [-0.05, 0) is 101 Å². The molecule has 1 spiro atoms. The first-order chi connectivity index (χ1) is 44.5. The van der Waals surface area contributed by atoms with Gasteiger partial charge < -0.3 is 46.4 Å². The van der Waals surface area contributed by atoms with Crippen LogP contribution in [0.2, 0.25) is 15.1 Å². The van der Waals surface area contributed by atoms with E-state index in [9.17, 15) is 31.9 Å². The number of nitrogens with zero attached hydrogens (tertiary/aromatic N) is 10. The molecule has 0 unspecified atom stereocenters. The minimum absolute atomic E-state index is 0. The van der Waals surface area contributed by atoms with Crippen LogP contribution in [-0.2, 0) is 14.4 Å². The van der Waals surface area contributed by atoms with Gasteiger partial charge in [0.25, 0.3) is 0 Å². The summed E-state index contributed by atoms with van der Waals surface area (Å²) in [4.78, 5) is 89.8. The molecule has 0 radical (unpaired) electrons. The minimum atomic E-state index is -4.47. The minimum Gasteiger partial charge on any atom is -0.356 e. The second-order valence-corrected chi connectivity index (χ2v) is 27.3. The second kappa shape index (κ2) is 27.5. The fourth-order valence-electron chi connectivity index (χ4n) is 10.6. The first kappa shape index (κ1) is 65.8. The molecule has 0 saturated carbocycles. The Labute approximate surface area is 563 Å². The molecule has 2 fully saturated rings. The van der Waals surface area contributed by atoms with Gasteiger partial charge in [-0.15, -0.1) is 23.5 Å². The van der Waals surface area contributed by atoms with Gasteiger partial charge in [-0.25, -0.2) is 49.2 Å². The summed E-state index contributed by atoms with van der Waals surface area (Å²) >= 11 is 21.9. The summed E-state index contributed by atoms with van der Waals surface area (Å²) in [5.41, 5.74) is 3.86.